The third-order valence-corrected chi connectivity index (χ3v) is 4.22. The summed E-state index contributed by atoms with van der Waals surface area (Å²) in [5.74, 6) is 1.30. The Morgan fingerprint density at radius 3 is 2.25 bits per heavy atom. The molecule has 0 spiro atoms. The van der Waals surface area contributed by atoms with Gasteiger partial charge in [-0.05, 0) is 45.2 Å². The second-order valence-electron chi connectivity index (χ2n) is 6.42. The van der Waals surface area contributed by atoms with Crippen molar-refractivity contribution < 1.29 is 4.74 Å². The lowest BCUT2D eigenvalue weighted by Gasteiger charge is -2.16. The smallest absolute Gasteiger partial charge is 0.257 e. The number of hydrogen-bond donors (Lipinski definition) is 1. The molecule has 24 heavy (non-hydrogen) atoms. The topological polar surface area (TPSA) is 47.0 Å². The van der Waals surface area contributed by atoms with Crippen molar-refractivity contribution in [1.82, 2.24) is 9.97 Å². The number of ether oxygens (including phenoxy) is 1. The van der Waals surface area contributed by atoms with Gasteiger partial charge in [-0.1, -0.05) is 37.5 Å². The van der Waals surface area contributed by atoms with Gasteiger partial charge in [-0.3, -0.25) is 0 Å². The Kier molecular flexibility index (Phi) is 6.18. The summed E-state index contributed by atoms with van der Waals surface area (Å²) in [5, 5.41) is 3.36. The summed E-state index contributed by atoms with van der Waals surface area (Å²) in [7, 11) is 1.65. The molecule has 0 amide bonds. The van der Waals surface area contributed by atoms with Crippen LogP contribution in [0.2, 0.25) is 0 Å². The van der Waals surface area contributed by atoms with Crippen molar-refractivity contribution in [2.24, 2.45) is 0 Å². The average molecular weight is 327 g/mol. The Morgan fingerprint density at radius 2 is 1.67 bits per heavy atom. The van der Waals surface area contributed by atoms with Gasteiger partial charge in [0.05, 0.1) is 18.5 Å². The van der Waals surface area contributed by atoms with Crippen molar-refractivity contribution in [1.29, 1.82) is 0 Å². The summed E-state index contributed by atoms with van der Waals surface area (Å²) in [6, 6.07) is 4.37. The van der Waals surface area contributed by atoms with Crippen molar-refractivity contribution >= 4 is 5.82 Å². The standard InChI is InChI=1S/C20H29N3O/c1-7-8-9-10-21-19-20(24-6)23-18(16(5)22-19)17-14(3)11-13(2)12-15(17)4/h11-12H,7-10H2,1-6H3,(H,21,22). The minimum Gasteiger partial charge on any atom is -0.478 e. The molecule has 0 radical (unpaired) electrons. The first-order valence-corrected chi connectivity index (χ1v) is 8.72. The molecule has 0 atom stereocenters. The minimum absolute atomic E-state index is 0.562. The van der Waals surface area contributed by atoms with Gasteiger partial charge in [-0.25, -0.2) is 9.97 Å². The monoisotopic (exact) mass is 327 g/mol. The number of nitrogens with zero attached hydrogens (tertiary/aromatic N) is 2. The normalized spacial score (nSPS) is 10.8. The number of anilines is 1. The van der Waals surface area contributed by atoms with Crippen molar-refractivity contribution in [3.63, 3.8) is 0 Å². The first-order chi connectivity index (χ1) is 11.5. The highest BCUT2D eigenvalue weighted by molar-refractivity contribution is 5.71. The van der Waals surface area contributed by atoms with E-state index >= 15 is 0 Å². The number of rotatable bonds is 7. The van der Waals surface area contributed by atoms with Crippen LogP contribution in [0.1, 0.15) is 48.6 Å². The third-order valence-electron chi connectivity index (χ3n) is 4.22. The van der Waals surface area contributed by atoms with Gasteiger partial charge >= 0.3 is 0 Å². The molecular formula is C20H29N3O. The first-order valence-electron chi connectivity index (χ1n) is 8.72. The predicted molar refractivity (Wildman–Crippen MR) is 101 cm³/mol. The summed E-state index contributed by atoms with van der Waals surface area (Å²) < 4.78 is 5.49. The van der Waals surface area contributed by atoms with E-state index in [0.717, 1.165) is 35.7 Å². The van der Waals surface area contributed by atoms with Crippen LogP contribution in [0.3, 0.4) is 0 Å². The molecule has 0 bridgehead atoms. The fourth-order valence-electron chi connectivity index (χ4n) is 3.13. The highest BCUT2D eigenvalue weighted by atomic mass is 16.5. The Labute approximate surface area is 145 Å². The van der Waals surface area contributed by atoms with Crippen molar-refractivity contribution in [3.05, 3.63) is 34.5 Å². The summed E-state index contributed by atoms with van der Waals surface area (Å²) in [6.07, 6.45) is 3.54. The predicted octanol–water partition coefficient (Wildman–Crippen LogP) is 4.99. The summed E-state index contributed by atoms with van der Waals surface area (Å²) in [5.41, 5.74) is 6.68. The quantitative estimate of drug-likeness (QED) is 0.728. The number of hydrogen-bond acceptors (Lipinski definition) is 4. The molecule has 0 aliphatic heterocycles. The van der Waals surface area contributed by atoms with Gasteiger partial charge in [0.1, 0.15) is 0 Å². The van der Waals surface area contributed by atoms with Crippen LogP contribution in [0.5, 0.6) is 5.88 Å². The fraction of sp³-hybridized carbons (Fsp3) is 0.500. The zero-order valence-corrected chi connectivity index (χ0v) is 15.8. The third kappa shape index (κ3) is 4.05. The highest BCUT2D eigenvalue weighted by Crippen LogP contribution is 2.32. The van der Waals surface area contributed by atoms with Crippen LogP contribution in [-0.2, 0) is 0 Å². The number of aromatic nitrogens is 2. The van der Waals surface area contributed by atoms with Gasteiger partial charge in [0.25, 0.3) is 5.88 Å². The van der Waals surface area contributed by atoms with Crippen molar-refractivity contribution in [2.45, 2.75) is 53.9 Å². The molecular weight excluding hydrogens is 298 g/mol. The van der Waals surface area contributed by atoms with E-state index in [2.05, 4.69) is 45.1 Å². The molecule has 1 aromatic heterocycles. The molecule has 0 saturated carbocycles. The Bertz CT molecular complexity index is 687. The van der Waals surface area contributed by atoms with E-state index in [9.17, 15) is 0 Å². The van der Waals surface area contributed by atoms with Gasteiger partial charge < -0.3 is 10.1 Å². The SMILES string of the molecule is CCCCCNc1nc(C)c(-c2c(C)cc(C)cc2C)nc1OC. The van der Waals surface area contributed by atoms with Gasteiger partial charge in [-0.2, -0.15) is 0 Å². The van der Waals surface area contributed by atoms with Crippen molar-refractivity contribution in [3.8, 4) is 17.1 Å². The van der Waals surface area contributed by atoms with Crippen LogP contribution >= 0.6 is 0 Å². The summed E-state index contributed by atoms with van der Waals surface area (Å²) in [4.78, 5) is 9.49. The van der Waals surface area contributed by atoms with Gasteiger partial charge in [0.15, 0.2) is 5.82 Å². The van der Waals surface area contributed by atoms with E-state index < -0.39 is 0 Å². The zero-order chi connectivity index (χ0) is 17.7. The van der Waals surface area contributed by atoms with E-state index in [1.54, 1.807) is 7.11 Å². The summed E-state index contributed by atoms with van der Waals surface area (Å²) >= 11 is 0. The van der Waals surface area contributed by atoms with E-state index in [1.807, 2.05) is 6.92 Å². The number of methoxy groups -OCH3 is 1. The molecule has 2 rings (SSSR count). The van der Waals surface area contributed by atoms with E-state index in [1.165, 1.54) is 29.5 Å². The summed E-state index contributed by atoms with van der Waals surface area (Å²) in [6.45, 7) is 11.5. The Balaban J connectivity index is 2.40. The molecule has 0 saturated heterocycles. The van der Waals surface area contributed by atoms with Gasteiger partial charge in [0.2, 0.25) is 0 Å². The lowest BCUT2D eigenvalue weighted by molar-refractivity contribution is 0.398. The molecule has 2 aromatic rings. The van der Waals surface area contributed by atoms with E-state index in [-0.39, 0.29) is 0 Å². The van der Waals surface area contributed by atoms with E-state index in [0.29, 0.717) is 5.88 Å². The minimum atomic E-state index is 0.562. The maximum absolute atomic E-state index is 5.49. The Hall–Kier alpha value is -2.10. The maximum Gasteiger partial charge on any atom is 0.257 e. The molecule has 4 heteroatoms. The maximum atomic E-state index is 5.49. The largest absolute Gasteiger partial charge is 0.478 e. The second-order valence-corrected chi connectivity index (χ2v) is 6.42. The van der Waals surface area contributed by atoms with E-state index in [4.69, 9.17) is 14.7 Å². The van der Waals surface area contributed by atoms with Crippen LogP contribution in [0.25, 0.3) is 11.3 Å². The lowest BCUT2D eigenvalue weighted by atomic mass is 9.96. The Morgan fingerprint density at radius 1 is 1.00 bits per heavy atom. The fourth-order valence-corrected chi connectivity index (χ4v) is 3.13. The molecule has 1 N–H and O–H groups in total. The zero-order valence-electron chi connectivity index (χ0n) is 15.8. The number of unbranched alkanes of at least 4 members (excludes halogenated alkanes) is 2. The molecule has 130 valence electrons. The molecule has 0 fully saturated rings. The molecule has 0 aliphatic rings. The van der Waals surface area contributed by atoms with Gasteiger partial charge in [0, 0.05) is 12.1 Å². The van der Waals surface area contributed by atoms with Crippen LogP contribution in [-0.4, -0.2) is 23.6 Å². The molecule has 0 aliphatic carbocycles. The van der Waals surface area contributed by atoms with Crippen molar-refractivity contribution in [2.75, 3.05) is 19.0 Å². The second kappa shape index (κ2) is 8.13. The highest BCUT2D eigenvalue weighted by Gasteiger charge is 2.16. The molecule has 1 heterocycles. The van der Waals surface area contributed by atoms with Crippen LogP contribution in [0, 0.1) is 27.7 Å². The first kappa shape index (κ1) is 18.2. The molecule has 1 aromatic carbocycles. The lowest BCUT2D eigenvalue weighted by Crippen LogP contribution is -2.09. The number of benzene rings is 1. The van der Waals surface area contributed by atoms with Gasteiger partial charge in [-0.15, -0.1) is 0 Å². The average Bonchev–Trinajstić information content (AvgIpc) is 2.52. The molecule has 4 nitrogen and oxygen atoms in total. The van der Waals surface area contributed by atoms with Crippen LogP contribution in [0.15, 0.2) is 12.1 Å². The number of nitrogens with one attached hydrogen (secondary N) is 1. The van der Waals surface area contributed by atoms with Crippen LogP contribution < -0.4 is 10.1 Å². The number of aryl methyl sites for hydroxylation is 4. The molecule has 0 unspecified atom stereocenters. The van der Waals surface area contributed by atoms with Crippen LogP contribution in [0.4, 0.5) is 5.82 Å².